The number of aryl methyl sites for hydroxylation is 4. The molecule has 3 aromatic rings. The van der Waals surface area contributed by atoms with Crippen molar-refractivity contribution in [1.82, 2.24) is 19.9 Å². The molecule has 48 heavy (non-hydrogen) atoms. The van der Waals surface area contributed by atoms with Crippen LogP contribution in [-0.2, 0) is 25.7 Å². The number of H-pyrrole nitrogens is 2. The zero-order valence-corrected chi connectivity index (χ0v) is 32.3. The molecule has 12 heteroatoms. The molecule has 0 spiro atoms. The first kappa shape index (κ1) is 28.2. The summed E-state index contributed by atoms with van der Waals surface area (Å²) in [4.78, 5) is 19.2. The summed E-state index contributed by atoms with van der Waals surface area (Å²) >= 11 is 0. The molecular formula is C36H46B4N4P4. The van der Waals surface area contributed by atoms with Crippen LogP contribution in [0, 0.1) is 0 Å². The molecule has 4 nitrogen and oxygen atoms in total. The first-order valence-electron chi connectivity index (χ1n) is 20.5. The Morgan fingerprint density at radius 3 is 1.06 bits per heavy atom. The minimum Gasteiger partial charge on any atom is -0.356 e. The first-order valence-corrected chi connectivity index (χ1v) is 21.0. The van der Waals surface area contributed by atoms with Crippen LogP contribution in [0.3, 0.4) is 0 Å². The molecule has 2 N–H and O–H groups in total. The molecular weight excluding hydrogens is 656 g/mol. The molecule has 9 rings (SSSR count). The molecule has 242 valence electrons. The SMILES string of the molecule is [2H]PBc1c2nc(c(B([2H])P)c3[nH]c(c4c3CCCC4)c(B([2H])P)c3nc(c(B([2H])P)c4[nH]c1c1c4CCCC1)C1=C3CCCC1)C1=C2CCCC1. The third-order valence-corrected chi connectivity index (χ3v) is 13.4. The van der Waals surface area contributed by atoms with Gasteiger partial charge in [0.2, 0.25) is 0 Å². The minimum absolute atomic E-state index is 0.00659. The fourth-order valence-corrected chi connectivity index (χ4v) is 11.1. The molecule has 8 bridgehead atoms. The maximum absolute atomic E-state index is 9.41. The van der Waals surface area contributed by atoms with Gasteiger partial charge in [-0.3, -0.25) is 0 Å². The molecule has 0 fully saturated rings. The van der Waals surface area contributed by atoms with Gasteiger partial charge in [-0.2, -0.15) is 36.4 Å². The summed E-state index contributed by atoms with van der Waals surface area (Å²) in [5.74, 6) is 0. The highest BCUT2D eigenvalue weighted by Crippen LogP contribution is 2.43. The smallest absolute Gasteiger partial charge is 0.186 e. The minimum atomic E-state index is -0.591. The molecule has 3 aromatic heterocycles. The van der Waals surface area contributed by atoms with Crippen LogP contribution in [-0.4, -0.2) is 53.1 Å². The van der Waals surface area contributed by atoms with Gasteiger partial charge < -0.3 is 9.97 Å². The molecule has 6 aliphatic rings. The van der Waals surface area contributed by atoms with E-state index in [1.54, 1.807) is 0 Å². The fourth-order valence-electron chi connectivity index (χ4n) is 9.81. The van der Waals surface area contributed by atoms with E-state index in [0.717, 1.165) is 169 Å². The highest BCUT2D eigenvalue weighted by Gasteiger charge is 2.32. The number of rotatable bonds is 5. The largest absolute Gasteiger partial charge is 0.356 e. The summed E-state index contributed by atoms with van der Waals surface area (Å²) in [6, 6.07) is 0. The Balaban J connectivity index is 1.58. The summed E-state index contributed by atoms with van der Waals surface area (Å²) in [5.41, 5.74) is 22.4. The fraction of sp³-hybridized carbons (Fsp3) is 0.444. The van der Waals surface area contributed by atoms with Crippen LogP contribution in [0.4, 0.5) is 0 Å². The summed E-state index contributed by atoms with van der Waals surface area (Å²) in [5, 5.41) is 0. The van der Waals surface area contributed by atoms with Gasteiger partial charge in [-0.25, -0.2) is 9.97 Å². The van der Waals surface area contributed by atoms with Crippen molar-refractivity contribution in [2.75, 3.05) is 0 Å². The zero-order chi connectivity index (χ0) is 35.8. The van der Waals surface area contributed by atoms with E-state index in [-0.39, 0.29) is 9.06 Å². The van der Waals surface area contributed by atoms with Crippen molar-refractivity contribution in [3.05, 3.63) is 45.0 Å². The van der Waals surface area contributed by atoms with Crippen molar-refractivity contribution < 1.29 is 0 Å². The van der Waals surface area contributed by atoms with E-state index in [1.807, 2.05) is 0 Å². The third kappa shape index (κ3) is 4.97. The van der Waals surface area contributed by atoms with Crippen LogP contribution in [0.25, 0.3) is 44.4 Å². The van der Waals surface area contributed by atoms with Crippen LogP contribution in [0.15, 0.2) is 0 Å². The van der Waals surface area contributed by atoms with Gasteiger partial charge in [0.1, 0.15) is 0 Å². The van der Waals surface area contributed by atoms with E-state index >= 15 is 0 Å². The average molecular weight is 706 g/mol. The van der Waals surface area contributed by atoms with E-state index in [9.17, 15) is 4.01 Å². The number of nitrogens with one attached hydrogen (secondary N) is 2. The van der Waals surface area contributed by atoms with Crippen LogP contribution < -0.4 is 21.9 Å². The Kier molecular flexibility index (Phi) is 7.80. The topological polar surface area (TPSA) is 57.4 Å². The normalized spacial score (nSPS) is 20.0. The quantitative estimate of drug-likeness (QED) is 0.305. The molecule has 0 radical (unpaired) electrons. The molecule has 0 amide bonds. The lowest BCUT2D eigenvalue weighted by molar-refractivity contribution is 0.696. The molecule has 5 heterocycles. The van der Waals surface area contributed by atoms with E-state index in [1.165, 1.54) is 44.5 Å². The standard InChI is InChI=1S/C36H46B4N4P4/c45-37-25-29-17-9-1-2-10-18(17)30(41-29)26(38-46)32-21-13-5-6-14-22(21)34(43-32)28(40-48)36-24-16-8-7-15-23(24)35(44-36)27(39-47)33-20-12-4-3-11-19(20)31(25)42-33/h37-41,44H,1-16,45-48H2/i37D,38D,39D,48D. The van der Waals surface area contributed by atoms with E-state index in [4.69, 9.17) is 11.2 Å². The molecule has 2 aliphatic heterocycles. The van der Waals surface area contributed by atoms with Crippen molar-refractivity contribution in [2.24, 2.45) is 0 Å². The van der Waals surface area contributed by atoms with Crippen molar-refractivity contribution in [3.8, 4) is 0 Å². The summed E-state index contributed by atoms with van der Waals surface area (Å²) in [6.45, 7) is -1.12. The van der Waals surface area contributed by atoms with E-state index in [2.05, 4.69) is 37.3 Å². The number of aromatic nitrogens is 4. The lowest BCUT2D eigenvalue weighted by Gasteiger charge is -2.17. The number of hydrogen-bond donors (Lipinski definition) is 2. The van der Waals surface area contributed by atoms with Crippen molar-refractivity contribution in [3.63, 3.8) is 0 Å². The Bertz CT molecular complexity index is 2240. The van der Waals surface area contributed by atoms with E-state index in [0.29, 0.717) is 7.00 Å². The molecule has 0 aromatic carbocycles. The van der Waals surface area contributed by atoms with Crippen LogP contribution in [0.1, 0.15) is 122 Å². The Labute approximate surface area is 302 Å². The first-order chi connectivity index (χ1) is 25.3. The zero-order valence-electron chi connectivity index (χ0n) is 31.9. The monoisotopic (exact) mass is 706 g/mol. The van der Waals surface area contributed by atoms with Crippen LogP contribution >= 0.6 is 36.4 Å². The number of aromatic amines is 2. The number of fused-ring (bicyclic) bond motifs is 18. The van der Waals surface area contributed by atoms with Gasteiger partial charge in [0.25, 0.3) is 0 Å². The summed E-state index contributed by atoms with van der Waals surface area (Å²) in [7, 11) is 8.36. The van der Waals surface area contributed by atoms with Gasteiger partial charge in [0.15, 0.2) is 27.9 Å². The predicted molar refractivity (Wildman–Crippen MR) is 231 cm³/mol. The van der Waals surface area contributed by atoms with Gasteiger partial charge >= 0.3 is 0 Å². The molecule has 0 saturated heterocycles. The molecule has 4 aliphatic carbocycles. The van der Waals surface area contributed by atoms with Crippen molar-refractivity contribution >= 4 is 131 Å². The van der Waals surface area contributed by atoms with Gasteiger partial charge in [-0.1, -0.05) is 0 Å². The third-order valence-electron chi connectivity index (χ3n) is 12.0. The number of allylic oxidation sites excluding steroid dienone is 4. The van der Waals surface area contributed by atoms with Crippen molar-refractivity contribution in [1.29, 1.82) is 5.29 Å². The second-order valence-electron chi connectivity index (χ2n) is 14.4. The summed E-state index contributed by atoms with van der Waals surface area (Å²) < 4.78 is 36.8. The number of hydrogen-bond acceptors (Lipinski definition) is 2. The Morgan fingerprint density at radius 2 is 0.750 bits per heavy atom. The van der Waals surface area contributed by atoms with Crippen molar-refractivity contribution in [2.45, 2.75) is 103 Å². The van der Waals surface area contributed by atoms with E-state index < -0.39 is 20.9 Å². The summed E-state index contributed by atoms with van der Waals surface area (Å²) in [6.07, 6.45) is 16.5. The van der Waals surface area contributed by atoms with Gasteiger partial charge in [0.05, 0.1) is 22.8 Å². The second kappa shape index (κ2) is 13.3. The highest BCUT2D eigenvalue weighted by atomic mass is 31.0. The highest BCUT2D eigenvalue weighted by molar-refractivity contribution is 7.59. The maximum Gasteiger partial charge on any atom is 0.186 e. The average Bonchev–Trinajstić information content (AvgIpc) is 3.90. The lowest BCUT2D eigenvalue weighted by atomic mass is 9.79. The van der Waals surface area contributed by atoms with Gasteiger partial charge in [-0.05, 0) is 173 Å². The molecule has 4 atom stereocenters. The van der Waals surface area contributed by atoms with Crippen LogP contribution in [0.2, 0.25) is 0 Å². The van der Waals surface area contributed by atoms with Gasteiger partial charge in [0, 0.05) is 23.3 Å². The Hall–Kier alpha value is -1.42. The number of nitrogens with zero attached hydrogens (tertiary/aromatic N) is 2. The molecule has 4 unspecified atom stereocenters. The second-order valence-corrected chi connectivity index (χ2v) is 15.8. The lowest BCUT2D eigenvalue weighted by Crippen LogP contribution is -2.19. The Morgan fingerprint density at radius 1 is 0.458 bits per heavy atom. The van der Waals surface area contributed by atoms with Crippen LogP contribution in [0.5, 0.6) is 0 Å². The molecule has 0 saturated carbocycles. The predicted octanol–water partition coefficient (Wildman–Crippen LogP) is 4.45. The van der Waals surface area contributed by atoms with Gasteiger partial charge in [-0.15, -0.1) is 0 Å². The maximum atomic E-state index is 9.41.